The largest absolute Gasteiger partial charge is 0.298 e. The molecule has 0 aliphatic heterocycles. The van der Waals surface area contributed by atoms with Crippen molar-refractivity contribution in [3.8, 4) is 0 Å². The quantitative estimate of drug-likeness (QED) is 0.746. The van der Waals surface area contributed by atoms with Gasteiger partial charge in [0.1, 0.15) is 0 Å². The Morgan fingerprint density at radius 3 is 2.64 bits per heavy atom. The lowest BCUT2D eigenvalue weighted by Gasteiger charge is -2.06. The third-order valence-electron chi connectivity index (χ3n) is 1.54. The van der Waals surface area contributed by atoms with Gasteiger partial charge in [0.05, 0.1) is 17.6 Å². The molecular weight excluding hydrogens is 204 g/mol. The van der Waals surface area contributed by atoms with Crippen LogP contribution >= 0.6 is 0 Å². The van der Waals surface area contributed by atoms with Crippen molar-refractivity contribution < 1.29 is 13.2 Å². The van der Waals surface area contributed by atoms with E-state index in [2.05, 4.69) is 9.71 Å². The molecule has 76 valence electrons. The first-order chi connectivity index (χ1) is 6.42. The van der Waals surface area contributed by atoms with E-state index in [1.165, 1.54) is 12.3 Å². The minimum Gasteiger partial charge on any atom is -0.298 e. The minimum atomic E-state index is -3.33. The van der Waals surface area contributed by atoms with E-state index in [4.69, 9.17) is 0 Å². The molecule has 14 heavy (non-hydrogen) atoms. The van der Waals surface area contributed by atoms with E-state index >= 15 is 0 Å². The third-order valence-corrected chi connectivity index (χ3v) is 2.13. The van der Waals surface area contributed by atoms with E-state index < -0.39 is 10.0 Å². The van der Waals surface area contributed by atoms with Crippen LogP contribution in [-0.2, 0) is 10.0 Å². The van der Waals surface area contributed by atoms with E-state index in [1.54, 1.807) is 6.92 Å². The topological polar surface area (TPSA) is 76.1 Å². The highest BCUT2D eigenvalue weighted by molar-refractivity contribution is 7.92. The molecule has 0 spiro atoms. The lowest BCUT2D eigenvalue weighted by molar-refractivity contribution is 0.112. The number of hydrogen-bond acceptors (Lipinski definition) is 4. The Bertz CT molecular complexity index is 454. The van der Waals surface area contributed by atoms with Crippen molar-refractivity contribution in [3.05, 3.63) is 23.5 Å². The number of aryl methyl sites for hydroxylation is 1. The predicted molar refractivity (Wildman–Crippen MR) is 52.8 cm³/mol. The van der Waals surface area contributed by atoms with Gasteiger partial charge in [-0.05, 0) is 13.0 Å². The summed E-state index contributed by atoms with van der Waals surface area (Å²) in [5, 5.41) is 0. The van der Waals surface area contributed by atoms with Gasteiger partial charge >= 0.3 is 0 Å². The molecule has 6 heteroatoms. The fourth-order valence-electron chi connectivity index (χ4n) is 0.917. The van der Waals surface area contributed by atoms with Gasteiger partial charge < -0.3 is 0 Å². The third kappa shape index (κ3) is 2.81. The molecule has 0 bridgehead atoms. The van der Waals surface area contributed by atoms with E-state index in [0.717, 1.165) is 6.26 Å². The van der Waals surface area contributed by atoms with E-state index in [1.807, 2.05) is 0 Å². The smallest absolute Gasteiger partial charge is 0.229 e. The molecule has 1 heterocycles. The number of pyridine rings is 1. The lowest BCUT2D eigenvalue weighted by Crippen LogP contribution is -2.11. The average Bonchev–Trinajstić information content (AvgIpc) is 2.06. The first-order valence-corrected chi connectivity index (χ1v) is 5.71. The molecule has 0 saturated carbocycles. The molecule has 0 atom stereocenters. The number of aromatic nitrogens is 1. The molecule has 0 unspecified atom stereocenters. The van der Waals surface area contributed by atoms with Gasteiger partial charge in [-0.1, -0.05) is 0 Å². The van der Waals surface area contributed by atoms with Gasteiger partial charge in [-0.3, -0.25) is 14.5 Å². The summed E-state index contributed by atoms with van der Waals surface area (Å²) in [6, 6.07) is 1.44. The van der Waals surface area contributed by atoms with Gasteiger partial charge in [-0.25, -0.2) is 8.42 Å². The van der Waals surface area contributed by atoms with Gasteiger partial charge in [0, 0.05) is 11.8 Å². The lowest BCUT2D eigenvalue weighted by atomic mass is 10.2. The van der Waals surface area contributed by atoms with Crippen molar-refractivity contribution in [1.29, 1.82) is 0 Å². The van der Waals surface area contributed by atoms with Crippen LogP contribution in [-0.4, -0.2) is 25.9 Å². The summed E-state index contributed by atoms with van der Waals surface area (Å²) >= 11 is 0. The SMILES string of the molecule is Cc1ncc(C=O)cc1NS(C)(=O)=O. The van der Waals surface area contributed by atoms with Gasteiger partial charge in [0.2, 0.25) is 10.0 Å². The molecule has 0 aliphatic rings. The number of rotatable bonds is 3. The summed E-state index contributed by atoms with van der Waals surface area (Å²) in [6.45, 7) is 1.65. The standard InChI is InChI=1S/C8H10N2O3S/c1-6-8(10-14(2,12)13)3-7(5-11)4-9-6/h3-5,10H,1-2H3. The van der Waals surface area contributed by atoms with Crippen LogP contribution in [0.5, 0.6) is 0 Å². The molecule has 1 aromatic rings. The highest BCUT2D eigenvalue weighted by Gasteiger charge is 2.06. The summed E-state index contributed by atoms with van der Waals surface area (Å²) in [5.41, 5.74) is 1.19. The number of carbonyl (C=O) groups excluding carboxylic acids is 1. The maximum atomic E-state index is 10.9. The molecule has 0 radical (unpaired) electrons. The number of aldehydes is 1. The van der Waals surface area contributed by atoms with Crippen LogP contribution < -0.4 is 4.72 Å². The highest BCUT2D eigenvalue weighted by atomic mass is 32.2. The molecule has 1 N–H and O–H groups in total. The number of hydrogen-bond donors (Lipinski definition) is 1. The summed E-state index contributed by atoms with van der Waals surface area (Å²) in [7, 11) is -3.33. The van der Waals surface area contributed by atoms with E-state index in [9.17, 15) is 13.2 Å². The van der Waals surface area contributed by atoms with Crippen molar-refractivity contribution in [3.63, 3.8) is 0 Å². The van der Waals surface area contributed by atoms with Gasteiger partial charge in [0.25, 0.3) is 0 Å². The molecule has 0 saturated heterocycles. The Morgan fingerprint density at radius 2 is 2.14 bits per heavy atom. The second kappa shape index (κ2) is 3.75. The molecule has 0 amide bonds. The van der Waals surface area contributed by atoms with E-state index in [0.29, 0.717) is 23.2 Å². The maximum Gasteiger partial charge on any atom is 0.229 e. The van der Waals surface area contributed by atoms with Crippen LogP contribution in [0.25, 0.3) is 0 Å². The van der Waals surface area contributed by atoms with Gasteiger partial charge in [-0.2, -0.15) is 0 Å². The van der Waals surface area contributed by atoms with Crippen LogP contribution in [0.3, 0.4) is 0 Å². The number of nitrogens with one attached hydrogen (secondary N) is 1. The van der Waals surface area contributed by atoms with Crippen LogP contribution in [0, 0.1) is 6.92 Å². The summed E-state index contributed by atoms with van der Waals surface area (Å²) in [5.74, 6) is 0. The van der Waals surface area contributed by atoms with Crippen molar-refractivity contribution >= 4 is 22.0 Å². The Morgan fingerprint density at radius 1 is 1.50 bits per heavy atom. The molecule has 0 fully saturated rings. The first-order valence-electron chi connectivity index (χ1n) is 3.82. The second-order valence-electron chi connectivity index (χ2n) is 2.89. The molecule has 5 nitrogen and oxygen atoms in total. The number of carbonyl (C=O) groups is 1. The zero-order chi connectivity index (χ0) is 10.8. The Kier molecular flexibility index (Phi) is 2.85. The number of nitrogens with zero attached hydrogens (tertiary/aromatic N) is 1. The van der Waals surface area contributed by atoms with Crippen LogP contribution in [0.1, 0.15) is 16.1 Å². The molecule has 0 aliphatic carbocycles. The zero-order valence-corrected chi connectivity index (χ0v) is 8.63. The monoisotopic (exact) mass is 214 g/mol. The van der Waals surface area contributed by atoms with Gasteiger partial charge in [0.15, 0.2) is 6.29 Å². The van der Waals surface area contributed by atoms with Crippen molar-refractivity contribution in [2.45, 2.75) is 6.92 Å². The minimum absolute atomic E-state index is 0.331. The second-order valence-corrected chi connectivity index (χ2v) is 4.64. The maximum absolute atomic E-state index is 10.9. The predicted octanol–water partition coefficient (Wildman–Crippen LogP) is 0.574. The number of sulfonamides is 1. The molecule has 1 aromatic heterocycles. The highest BCUT2D eigenvalue weighted by Crippen LogP contribution is 2.14. The van der Waals surface area contributed by atoms with Gasteiger partial charge in [-0.15, -0.1) is 0 Å². The van der Waals surface area contributed by atoms with Crippen molar-refractivity contribution in [2.24, 2.45) is 0 Å². The Labute approximate surface area is 82.2 Å². The fourth-order valence-corrected chi connectivity index (χ4v) is 1.52. The molecular formula is C8H10N2O3S. The Balaban J connectivity index is 3.13. The summed E-state index contributed by atoms with van der Waals surface area (Å²) in [6.07, 6.45) is 3.04. The van der Waals surface area contributed by atoms with Crippen molar-refractivity contribution in [1.82, 2.24) is 4.98 Å². The van der Waals surface area contributed by atoms with Crippen LogP contribution in [0.2, 0.25) is 0 Å². The molecule has 0 aromatic carbocycles. The normalized spacial score (nSPS) is 11.0. The molecule has 1 rings (SSSR count). The van der Waals surface area contributed by atoms with Crippen LogP contribution in [0.15, 0.2) is 12.3 Å². The van der Waals surface area contributed by atoms with E-state index in [-0.39, 0.29) is 0 Å². The Hall–Kier alpha value is -1.43. The first kappa shape index (κ1) is 10.6. The number of anilines is 1. The zero-order valence-electron chi connectivity index (χ0n) is 7.81. The average molecular weight is 214 g/mol. The summed E-state index contributed by atoms with van der Waals surface area (Å²) < 4.78 is 24.1. The van der Waals surface area contributed by atoms with Crippen LogP contribution in [0.4, 0.5) is 5.69 Å². The summed E-state index contributed by atoms with van der Waals surface area (Å²) in [4.78, 5) is 14.3. The van der Waals surface area contributed by atoms with Crippen molar-refractivity contribution in [2.75, 3.05) is 11.0 Å². The fraction of sp³-hybridized carbons (Fsp3) is 0.250.